The van der Waals surface area contributed by atoms with Crippen LogP contribution in [0.5, 0.6) is 0 Å². The predicted molar refractivity (Wildman–Crippen MR) is 29.7 cm³/mol. The molecule has 0 atom stereocenters. The summed E-state index contributed by atoms with van der Waals surface area (Å²) in [7, 11) is 0. The minimum Gasteiger partial charge on any atom is -0.253 e. The van der Waals surface area contributed by atoms with Gasteiger partial charge in [0.25, 0.3) is 0 Å². The standard InChI is InChI=1S/C2H2FN3O6/c3-1-2(4(7)8,5(9)10)6(11)12/h1H2. The molecule has 0 radical (unpaired) electrons. The van der Waals surface area contributed by atoms with Gasteiger partial charge >= 0.3 is 12.5 Å². The van der Waals surface area contributed by atoms with Crippen LogP contribution >= 0.6 is 0 Å². The largest absolute Gasteiger partial charge is 0.728 e. The second kappa shape index (κ2) is 3.02. The summed E-state index contributed by atoms with van der Waals surface area (Å²) >= 11 is 0. The van der Waals surface area contributed by atoms with E-state index in [-0.39, 0.29) is 0 Å². The van der Waals surface area contributed by atoms with Crippen molar-refractivity contribution in [2.24, 2.45) is 0 Å². The first-order chi connectivity index (χ1) is 5.39. The molecule has 0 aromatic rings. The maximum atomic E-state index is 11.7. The molecular weight excluding hydrogens is 181 g/mol. The molecule has 0 aromatic heterocycles. The lowest BCUT2D eigenvalue weighted by Crippen LogP contribution is -2.55. The van der Waals surface area contributed by atoms with E-state index in [1.165, 1.54) is 0 Å². The van der Waals surface area contributed by atoms with E-state index in [0.29, 0.717) is 0 Å². The van der Waals surface area contributed by atoms with E-state index in [1.807, 2.05) is 0 Å². The molecule has 0 heterocycles. The van der Waals surface area contributed by atoms with Crippen molar-refractivity contribution in [3.63, 3.8) is 0 Å². The van der Waals surface area contributed by atoms with Crippen LogP contribution in [0.15, 0.2) is 0 Å². The van der Waals surface area contributed by atoms with Crippen molar-refractivity contribution in [3.8, 4) is 0 Å². The van der Waals surface area contributed by atoms with Gasteiger partial charge in [-0.1, -0.05) is 0 Å². The fraction of sp³-hybridized carbons (Fsp3) is 1.00. The minimum atomic E-state index is -3.96. The smallest absolute Gasteiger partial charge is 0.253 e. The third-order valence-corrected chi connectivity index (χ3v) is 1.06. The molecule has 0 aromatic carbocycles. The number of hydrogen-bond donors (Lipinski definition) is 0. The van der Waals surface area contributed by atoms with E-state index in [0.717, 1.165) is 0 Å². The molecule has 0 saturated heterocycles. The van der Waals surface area contributed by atoms with Gasteiger partial charge in [0.1, 0.15) is 0 Å². The Balaban J connectivity index is 5.19. The zero-order valence-corrected chi connectivity index (χ0v) is 5.38. The Bertz CT molecular complexity index is 203. The monoisotopic (exact) mass is 183 g/mol. The second-order valence-corrected chi connectivity index (χ2v) is 1.68. The number of nitro groups is 3. The predicted octanol–water partition coefficient (Wildman–Crippen LogP) is -0.560. The Kier molecular flexibility index (Phi) is 2.55. The average molecular weight is 183 g/mol. The van der Waals surface area contributed by atoms with Crippen LogP contribution in [0.1, 0.15) is 0 Å². The van der Waals surface area contributed by atoms with Crippen LogP contribution in [-0.4, -0.2) is 27.2 Å². The maximum absolute atomic E-state index is 11.7. The maximum Gasteiger partial charge on any atom is 0.728 e. The highest BCUT2D eigenvalue weighted by molar-refractivity contribution is 4.48. The molecule has 10 heteroatoms. The first kappa shape index (κ1) is 10.1. The molecule has 0 unspecified atom stereocenters. The normalized spacial score (nSPS) is 10.8. The van der Waals surface area contributed by atoms with Crippen molar-refractivity contribution in [1.82, 2.24) is 0 Å². The van der Waals surface area contributed by atoms with E-state index in [2.05, 4.69) is 0 Å². The van der Waals surface area contributed by atoms with Crippen LogP contribution in [0, 0.1) is 30.3 Å². The fourth-order valence-corrected chi connectivity index (χ4v) is 0.346. The van der Waals surface area contributed by atoms with Crippen molar-refractivity contribution in [2.45, 2.75) is 5.79 Å². The van der Waals surface area contributed by atoms with E-state index in [4.69, 9.17) is 0 Å². The summed E-state index contributed by atoms with van der Waals surface area (Å²) in [6, 6.07) is 0. The van der Waals surface area contributed by atoms with Crippen LogP contribution in [0.4, 0.5) is 4.39 Å². The SMILES string of the molecule is O=[N+]([O-])C(CF)([N+](=O)[O-])[N+](=O)[O-]. The molecular formula is C2H2FN3O6. The van der Waals surface area contributed by atoms with Gasteiger partial charge in [-0.05, 0) is 0 Å². The topological polar surface area (TPSA) is 129 Å². The summed E-state index contributed by atoms with van der Waals surface area (Å²) in [6.07, 6.45) is 0. The number of rotatable bonds is 4. The van der Waals surface area contributed by atoms with Crippen LogP contribution < -0.4 is 0 Å². The first-order valence-electron chi connectivity index (χ1n) is 2.39. The van der Waals surface area contributed by atoms with Crippen molar-refractivity contribution in [2.75, 3.05) is 6.67 Å². The highest BCUT2D eigenvalue weighted by Crippen LogP contribution is 2.12. The molecule has 0 aliphatic rings. The van der Waals surface area contributed by atoms with E-state index >= 15 is 0 Å². The molecule has 0 rings (SSSR count). The lowest BCUT2D eigenvalue weighted by atomic mass is 10.4. The number of hydrogen-bond acceptors (Lipinski definition) is 6. The quantitative estimate of drug-likeness (QED) is 0.326. The first-order valence-corrected chi connectivity index (χ1v) is 2.39. The Morgan fingerprint density at radius 2 is 1.25 bits per heavy atom. The average Bonchev–Trinajstić information content (AvgIpc) is 1.86. The Morgan fingerprint density at radius 1 is 1.00 bits per heavy atom. The van der Waals surface area contributed by atoms with Crippen LogP contribution in [0.3, 0.4) is 0 Å². The van der Waals surface area contributed by atoms with Crippen molar-refractivity contribution in [1.29, 1.82) is 0 Å². The summed E-state index contributed by atoms with van der Waals surface area (Å²) in [4.78, 5) is 23.8. The number of alkyl halides is 1. The molecule has 0 aliphatic heterocycles. The molecule has 0 fully saturated rings. The van der Waals surface area contributed by atoms with Crippen LogP contribution in [0.25, 0.3) is 0 Å². The van der Waals surface area contributed by atoms with Gasteiger partial charge in [0.05, 0.1) is 0 Å². The second-order valence-electron chi connectivity index (χ2n) is 1.68. The van der Waals surface area contributed by atoms with Gasteiger partial charge in [-0.3, -0.25) is 30.3 Å². The minimum absolute atomic E-state index is 1.88. The van der Waals surface area contributed by atoms with Crippen molar-refractivity contribution < 1.29 is 19.2 Å². The molecule has 0 N–H and O–H groups in total. The molecule has 0 amide bonds. The zero-order chi connectivity index (χ0) is 9.94. The van der Waals surface area contributed by atoms with Gasteiger partial charge in [-0.25, -0.2) is 4.39 Å². The summed E-state index contributed by atoms with van der Waals surface area (Å²) in [5.74, 6) is -3.96. The van der Waals surface area contributed by atoms with Crippen molar-refractivity contribution in [3.05, 3.63) is 30.3 Å². The Labute approximate surface area is 63.2 Å². The summed E-state index contributed by atoms with van der Waals surface area (Å²) in [5, 5.41) is 29.5. The van der Waals surface area contributed by atoms with Gasteiger partial charge in [0.2, 0.25) is 0 Å². The highest BCUT2D eigenvalue weighted by Gasteiger charge is 2.71. The lowest BCUT2D eigenvalue weighted by Gasteiger charge is -2.03. The molecule has 0 bridgehead atoms. The Morgan fingerprint density at radius 3 is 1.25 bits per heavy atom. The van der Waals surface area contributed by atoms with Crippen LogP contribution in [0.2, 0.25) is 0 Å². The summed E-state index contributed by atoms with van der Waals surface area (Å²) in [6.45, 7) is -2.29. The fourth-order valence-electron chi connectivity index (χ4n) is 0.346. The van der Waals surface area contributed by atoms with E-state index in [9.17, 15) is 34.7 Å². The van der Waals surface area contributed by atoms with Gasteiger partial charge < -0.3 is 0 Å². The van der Waals surface area contributed by atoms with Crippen molar-refractivity contribution >= 4 is 0 Å². The lowest BCUT2D eigenvalue weighted by molar-refractivity contribution is -0.969. The van der Waals surface area contributed by atoms with Gasteiger partial charge in [0.15, 0.2) is 14.8 Å². The van der Waals surface area contributed by atoms with Gasteiger partial charge in [-0.2, -0.15) is 0 Å². The molecule has 0 spiro atoms. The summed E-state index contributed by atoms with van der Waals surface area (Å²) < 4.78 is 11.7. The third kappa shape index (κ3) is 1.13. The Hall–Kier alpha value is -1.87. The number of halogens is 1. The van der Waals surface area contributed by atoms with Gasteiger partial charge in [-0.15, -0.1) is 0 Å². The molecule has 68 valence electrons. The van der Waals surface area contributed by atoms with E-state index < -0.39 is 27.2 Å². The molecule has 0 saturated carbocycles. The molecule has 9 nitrogen and oxygen atoms in total. The highest BCUT2D eigenvalue weighted by atomic mass is 19.1. The molecule has 0 aliphatic carbocycles. The molecule has 12 heavy (non-hydrogen) atoms. The number of nitrogens with zero attached hydrogens (tertiary/aromatic N) is 3. The van der Waals surface area contributed by atoms with Crippen LogP contribution in [-0.2, 0) is 0 Å². The van der Waals surface area contributed by atoms with Gasteiger partial charge in [0, 0.05) is 0 Å². The third-order valence-electron chi connectivity index (χ3n) is 1.06. The zero-order valence-electron chi connectivity index (χ0n) is 5.38. The van der Waals surface area contributed by atoms with E-state index in [1.54, 1.807) is 0 Å². The summed E-state index contributed by atoms with van der Waals surface area (Å²) in [5.41, 5.74) is 0.